The molecule has 2 aromatic carbocycles. The van der Waals surface area contributed by atoms with E-state index in [0.29, 0.717) is 22.4 Å². The number of carbonyl (C=O) groups is 2. The summed E-state index contributed by atoms with van der Waals surface area (Å²) in [6.45, 7) is -0.186. The van der Waals surface area contributed by atoms with Gasteiger partial charge in [0.25, 0.3) is 11.8 Å². The molecular weight excluding hydrogens is 320 g/mol. The van der Waals surface area contributed by atoms with Gasteiger partial charge in [-0.05, 0) is 43.9 Å². The zero-order valence-electron chi connectivity index (χ0n) is 14.1. The van der Waals surface area contributed by atoms with E-state index in [1.54, 1.807) is 67.5 Å². The van der Waals surface area contributed by atoms with Crippen molar-refractivity contribution < 1.29 is 19.8 Å². The summed E-state index contributed by atoms with van der Waals surface area (Å²) in [7, 11) is 3.55. The van der Waals surface area contributed by atoms with Gasteiger partial charge in [0.05, 0.1) is 35.6 Å². The molecule has 1 aliphatic heterocycles. The highest BCUT2D eigenvalue weighted by Gasteiger charge is 2.36. The summed E-state index contributed by atoms with van der Waals surface area (Å²) in [5.74, 6) is -0.703. The Hall–Kier alpha value is -2.54. The lowest BCUT2D eigenvalue weighted by atomic mass is 10.0. The van der Waals surface area contributed by atoms with Gasteiger partial charge >= 0.3 is 0 Å². The largest absolute Gasteiger partial charge is 0.395 e. The first-order valence-corrected chi connectivity index (χ1v) is 7.99. The fourth-order valence-corrected chi connectivity index (χ4v) is 3.01. The third kappa shape index (κ3) is 2.95. The number of hydrogen-bond acceptors (Lipinski definition) is 5. The van der Waals surface area contributed by atoms with Crippen molar-refractivity contribution in [1.82, 2.24) is 4.90 Å². The van der Waals surface area contributed by atoms with Crippen molar-refractivity contribution >= 4 is 17.5 Å². The molecule has 0 aromatic heterocycles. The number of carbonyl (C=O) groups excluding carboxylic acids is 2. The molecule has 1 aliphatic rings. The van der Waals surface area contributed by atoms with Gasteiger partial charge in [0.1, 0.15) is 0 Å². The third-order valence-electron chi connectivity index (χ3n) is 4.50. The first-order chi connectivity index (χ1) is 12.0. The molecule has 2 aromatic rings. The predicted molar refractivity (Wildman–Crippen MR) is 93.5 cm³/mol. The standard InChI is InChI=1S/C19H20N2O4/c1-20(2)16(11-22)17(23)12-7-9-13(10-8-12)21-18(24)14-5-3-4-6-15(14)19(21)25/h3-10,16-17,22-23H,11H2,1-2H3. The van der Waals surface area contributed by atoms with Gasteiger partial charge in [-0.3, -0.25) is 9.59 Å². The summed E-state index contributed by atoms with van der Waals surface area (Å²) in [5.41, 5.74) is 1.84. The number of amides is 2. The maximum Gasteiger partial charge on any atom is 0.266 e. The number of imide groups is 1. The van der Waals surface area contributed by atoms with Gasteiger partial charge in [0, 0.05) is 0 Å². The average molecular weight is 340 g/mol. The molecule has 25 heavy (non-hydrogen) atoms. The summed E-state index contributed by atoms with van der Waals surface area (Å²) >= 11 is 0. The van der Waals surface area contributed by atoms with E-state index in [-0.39, 0.29) is 18.4 Å². The van der Waals surface area contributed by atoms with Gasteiger partial charge in [-0.25, -0.2) is 4.90 Å². The summed E-state index contributed by atoms with van der Waals surface area (Å²) in [6.07, 6.45) is -0.878. The van der Waals surface area contributed by atoms with Crippen molar-refractivity contribution in [2.75, 3.05) is 25.6 Å². The topological polar surface area (TPSA) is 81.1 Å². The van der Waals surface area contributed by atoms with Crippen molar-refractivity contribution in [3.05, 3.63) is 65.2 Å². The van der Waals surface area contributed by atoms with Crippen LogP contribution in [0.15, 0.2) is 48.5 Å². The molecule has 1 heterocycles. The number of rotatable bonds is 5. The van der Waals surface area contributed by atoms with E-state index in [1.807, 2.05) is 0 Å². The Kier molecular flexibility index (Phi) is 4.67. The molecule has 0 radical (unpaired) electrons. The quantitative estimate of drug-likeness (QED) is 0.805. The molecule has 6 heteroatoms. The number of anilines is 1. The van der Waals surface area contributed by atoms with E-state index in [9.17, 15) is 19.8 Å². The monoisotopic (exact) mass is 340 g/mol. The molecule has 0 bridgehead atoms. The minimum absolute atomic E-state index is 0.186. The Labute approximate surface area is 145 Å². The van der Waals surface area contributed by atoms with Crippen LogP contribution in [-0.2, 0) is 0 Å². The Balaban J connectivity index is 1.87. The van der Waals surface area contributed by atoms with Crippen molar-refractivity contribution in [2.45, 2.75) is 12.1 Å². The van der Waals surface area contributed by atoms with Crippen molar-refractivity contribution in [2.24, 2.45) is 0 Å². The molecule has 6 nitrogen and oxygen atoms in total. The van der Waals surface area contributed by atoms with Crippen LogP contribution in [-0.4, -0.2) is 53.7 Å². The molecule has 2 N–H and O–H groups in total. The van der Waals surface area contributed by atoms with Gasteiger partial charge in [0.2, 0.25) is 0 Å². The van der Waals surface area contributed by atoms with Crippen LogP contribution in [0.4, 0.5) is 5.69 Å². The second-order valence-corrected chi connectivity index (χ2v) is 6.24. The first-order valence-electron chi connectivity index (χ1n) is 7.99. The predicted octanol–water partition coefficient (Wildman–Crippen LogP) is 1.44. The smallest absolute Gasteiger partial charge is 0.266 e. The minimum atomic E-state index is -0.878. The number of aliphatic hydroxyl groups excluding tert-OH is 2. The van der Waals surface area contributed by atoms with Crippen LogP contribution in [0.3, 0.4) is 0 Å². The van der Waals surface area contributed by atoms with E-state index in [4.69, 9.17) is 0 Å². The van der Waals surface area contributed by atoms with E-state index in [1.165, 1.54) is 0 Å². The second kappa shape index (κ2) is 6.76. The maximum atomic E-state index is 12.5. The molecule has 2 atom stereocenters. The Morgan fingerprint density at radius 1 is 0.960 bits per heavy atom. The third-order valence-corrected chi connectivity index (χ3v) is 4.50. The number of fused-ring (bicyclic) bond motifs is 1. The van der Waals surface area contributed by atoms with Crippen molar-refractivity contribution in [3.63, 3.8) is 0 Å². The van der Waals surface area contributed by atoms with Crippen molar-refractivity contribution in [3.8, 4) is 0 Å². The van der Waals surface area contributed by atoms with Crippen LogP contribution in [0, 0.1) is 0 Å². The van der Waals surface area contributed by atoms with Gasteiger partial charge in [-0.2, -0.15) is 0 Å². The Bertz CT molecular complexity index is 766. The first kappa shape index (κ1) is 17.3. The summed E-state index contributed by atoms with van der Waals surface area (Å²) < 4.78 is 0. The maximum absolute atomic E-state index is 12.5. The lowest BCUT2D eigenvalue weighted by Gasteiger charge is -2.27. The number of likely N-dealkylation sites (N-methyl/N-ethyl adjacent to an activating group) is 1. The lowest BCUT2D eigenvalue weighted by Crippen LogP contribution is -2.37. The molecule has 0 fully saturated rings. The van der Waals surface area contributed by atoms with Crippen LogP contribution >= 0.6 is 0 Å². The highest BCUT2D eigenvalue weighted by atomic mass is 16.3. The van der Waals surface area contributed by atoms with Gasteiger partial charge in [-0.15, -0.1) is 0 Å². The number of benzene rings is 2. The Morgan fingerprint density at radius 2 is 1.48 bits per heavy atom. The molecule has 3 rings (SSSR count). The summed E-state index contributed by atoms with van der Waals surface area (Å²) in [5, 5.41) is 19.8. The zero-order valence-corrected chi connectivity index (χ0v) is 14.1. The van der Waals surface area contributed by atoms with Crippen LogP contribution < -0.4 is 4.90 Å². The highest BCUT2D eigenvalue weighted by molar-refractivity contribution is 6.34. The fourth-order valence-electron chi connectivity index (χ4n) is 3.01. The van der Waals surface area contributed by atoms with Gasteiger partial charge in [-0.1, -0.05) is 24.3 Å². The molecule has 2 amide bonds. The summed E-state index contributed by atoms with van der Waals surface area (Å²) in [4.78, 5) is 27.8. The number of hydrogen-bond donors (Lipinski definition) is 2. The molecular formula is C19H20N2O4. The fraction of sp³-hybridized carbons (Fsp3) is 0.263. The molecule has 0 aliphatic carbocycles. The van der Waals surface area contributed by atoms with Crippen molar-refractivity contribution in [1.29, 1.82) is 0 Å². The van der Waals surface area contributed by atoms with E-state index < -0.39 is 12.1 Å². The van der Waals surface area contributed by atoms with Crippen LogP contribution in [0.5, 0.6) is 0 Å². The van der Waals surface area contributed by atoms with Crippen LogP contribution in [0.1, 0.15) is 32.4 Å². The minimum Gasteiger partial charge on any atom is -0.395 e. The summed E-state index contributed by atoms with van der Waals surface area (Å²) in [6, 6.07) is 12.9. The lowest BCUT2D eigenvalue weighted by molar-refractivity contribution is 0.0390. The Morgan fingerprint density at radius 3 is 1.92 bits per heavy atom. The normalized spacial score (nSPS) is 16.3. The molecule has 0 saturated heterocycles. The van der Waals surface area contributed by atoms with Gasteiger partial charge < -0.3 is 15.1 Å². The molecule has 0 spiro atoms. The molecule has 0 saturated carbocycles. The SMILES string of the molecule is CN(C)C(CO)C(O)c1ccc(N2C(=O)c3ccccc3C2=O)cc1. The number of aliphatic hydroxyl groups is 2. The van der Waals surface area contributed by atoms with Gasteiger partial charge in [0.15, 0.2) is 0 Å². The zero-order chi connectivity index (χ0) is 18.1. The van der Waals surface area contributed by atoms with E-state index in [0.717, 1.165) is 4.90 Å². The van der Waals surface area contributed by atoms with E-state index >= 15 is 0 Å². The average Bonchev–Trinajstić information content (AvgIpc) is 2.87. The molecule has 130 valence electrons. The highest BCUT2D eigenvalue weighted by Crippen LogP contribution is 2.29. The molecule has 2 unspecified atom stereocenters. The van der Waals surface area contributed by atoms with Crippen LogP contribution in [0.25, 0.3) is 0 Å². The second-order valence-electron chi connectivity index (χ2n) is 6.24. The van der Waals surface area contributed by atoms with E-state index in [2.05, 4.69) is 0 Å². The number of nitrogens with zero attached hydrogens (tertiary/aromatic N) is 2. The van der Waals surface area contributed by atoms with Crippen LogP contribution in [0.2, 0.25) is 0 Å².